The molecule has 1 rings (SSSR count). The third-order valence-electron chi connectivity index (χ3n) is 2.43. The minimum atomic E-state index is -4.43. The van der Waals surface area contributed by atoms with Crippen LogP contribution in [0.2, 0.25) is 0 Å². The first-order valence-electron chi connectivity index (χ1n) is 5.61. The monoisotopic (exact) mass is 324 g/mol. The Hall–Kier alpha value is -0.650. The highest BCUT2D eigenvalue weighted by atomic mass is 79.9. The van der Waals surface area contributed by atoms with Gasteiger partial charge in [-0.05, 0) is 11.8 Å². The molecular weight excluding hydrogens is 309 g/mol. The highest BCUT2D eigenvalue weighted by molar-refractivity contribution is 9.08. The van der Waals surface area contributed by atoms with E-state index in [4.69, 9.17) is 0 Å². The van der Waals surface area contributed by atoms with Crippen molar-refractivity contribution in [2.24, 2.45) is 5.41 Å². The van der Waals surface area contributed by atoms with E-state index >= 15 is 0 Å². The zero-order valence-corrected chi connectivity index (χ0v) is 12.2. The lowest BCUT2D eigenvalue weighted by Crippen LogP contribution is -2.15. The van der Waals surface area contributed by atoms with Crippen LogP contribution in [-0.2, 0) is 17.9 Å². The van der Waals surface area contributed by atoms with E-state index in [0.717, 1.165) is 6.42 Å². The minimum Gasteiger partial charge on any atom is -0.241 e. The normalized spacial score (nSPS) is 12.8. The first-order chi connectivity index (χ1) is 8.13. The molecule has 0 amide bonds. The molecule has 1 aromatic rings. The molecule has 0 aliphatic carbocycles. The molecule has 0 saturated heterocycles. The molecule has 0 aliphatic rings. The largest absolute Gasteiger partial charge is 0.433 e. The van der Waals surface area contributed by atoms with Crippen LogP contribution in [0.15, 0.2) is 6.20 Å². The second-order valence-corrected chi connectivity index (χ2v) is 5.91. The molecule has 0 unspecified atom stereocenters. The van der Waals surface area contributed by atoms with E-state index in [1.54, 1.807) is 0 Å². The molecule has 1 aromatic heterocycles. The van der Waals surface area contributed by atoms with Crippen LogP contribution in [0.5, 0.6) is 0 Å². The summed E-state index contributed by atoms with van der Waals surface area (Å²) in [5.74, 6) is 0.252. The summed E-state index contributed by atoms with van der Waals surface area (Å²) in [5, 5.41) is 0.0986. The van der Waals surface area contributed by atoms with Gasteiger partial charge in [-0.15, -0.1) is 0 Å². The van der Waals surface area contributed by atoms with E-state index in [0.29, 0.717) is 6.42 Å². The van der Waals surface area contributed by atoms with Gasteiger partial charge in [0.05, 0.1) is 0 Å². The van der Waals surface area contributed by atoms with Gasteiger partial charge >= 0.3 is 6.18 Å². The third kappa shape index (κ3) is 4.55. The maximum Gasteiger partial charge on any atom is 0.433 e. The Morgan fingerprint density at radius 3 is 2.28 bits per heavy atom. The Labute approximate surface area is 113 Å². The van der Waals surface area contributed by atoms with Gasteiger partial charge < -0.3 is 0 Å². The average Bonchev–Trinajstić information content (AvgIpc) is 2.24. The topological polar surface area (TPSA) is 25.8 Å². The van der Waals surface area contributed by atoms with E-state index in [1.807, 2.05) is 20.8 Å². The average molecular weight is 325 g/mol. The first-order valence-corrected chi connectivity index (χ1v) is 6.73. The zero-order valence-electron chi connectivity index (χ0n) is 10.6. The SMILES string of the molecule is CC(C)(C)CCc1ncc(CBr)c(C(F)(F)F)n1. The van der Waals surface area contributed by atoms with Crippen LogP contribution in [0.1, 0.15) is 44.3 Å². The van der Waals surface area contributed by atoms with E-state index in [2.05, 4.69) is 25.9 Å². The predicted octanol–water partition coefficient (Wildman–Crippen LogP) is 4.37. The van der Waals surface area contributed by atoms with Crippen molar-refractivity contribution in [1.29, 1.82) is 0 Å². The Kier molecular flexibility index (Phi) is 4.75. The fraction of sp³-hybridized carbons (Fsp3) is 0.667. The summed E-state index contributed by atoms with van der Waals surface area (Å²) >= 11 is 3.02. The summed E-state index contributed by atoms with van der Waals surface area (Å²) in [6.45, 7) is 6.10. The summed E-state index contributed by atoms with van der Waals surface area (Å²) in [5.41, 5.74) is -0.712. The summed E-state index contributed by atoms with van der Waals surface area (Å²) in [6.07, 6.45) is -1.97. The standard InChI is InChI=1S/C12H16BrF3N2/c1-11(2,3)5-4-9-17-7-8(6-13)10(18-9)12(14,15)16/h7H,4-6H2,1-3H3. The van der Waals surface area contributed by atoms with Crippen LogP contribution in [0, 0.1) is 5.41 Å². The number of hydrogen-bond donors (Lipinski definition) is 0. The Bertz CT molecular complexity index is 411. The molecule has 2 nitrogen and oxygen atoms in total. The summed E-state index contributed by atoms with van der Waals surface area (Å²) in [4.78, 5) is 7.64. The van der Waals surface area contributed by atoms with Gasteiger partial charge in [0.15, 0.2) is 5.69 Å². The number of nitrogens with zero attached hydrogens (tertiary/aromatic N) is 2. The lowest BCUT2D eigenvalue weighted by molar-refractivity contribution is -0.141. The Balaban J connectivity index is 2.97. The third-order valence-corrected chi connectivity index (χ3v) is 3.03. The van der Waals surface area contributed by atoms with Crippen molar-refractivity contribution in [2.75, 3.05) is 0 Å². The molecular formula is C12H16BrF3N2. The molecule has 18 heavy (non-hydrogen) atoms. The smallest absolute Gasteiger partial charge is 0.241 e. The Morgan fingerprint density at radius 1 is 1.22 bits per heavy atom. The molecule has 0 saturated carbocycles. The van der Waals surface area contributed by atoms with E-state index in [-0.39, 0.29) is 22.1 Å². The summed E-state index contributed by atoms with van der Waals surface area (Å²) in [7, 11) is 0. The van der Waals surface area contributed by atoms with Crippen LogP contribution < -0.4 is 0 Å². The maximum atomic E-state index is 12.8. The van der Waals surface area contributed by atoms with Crippen molar-refractivity contribution in [1.82, 2.24) is 9.97 Å². The van der Waals surface area contributed by atoms with Crippen molar-refractivity contribution >= 4 is 15.9 Å². The molecule has 0 bridgehead atoms. The molecule has 0 N–H and O–H groups in total. The molecule has 0 aliphatic heterocycles. The number of rotatable bonds is 3. The van der Waals surface area contributed by atoms with Crippen molar-refractivity contribution in [3.63, 3.8) is 0 Å². The fourth-order valence-corrected chi connectivity index (χ4v) is 1.80. The van der Waals surface area contributed by atoms with Gasteiger partial charge in [0.1, 0.15) is 5.82 Å². The van der Waals surface area contributed by atoms with Gasteiger partial charge in [-0.3, -0.25) is 0 Å². The lowest BCUT2D eigenvalue weighted by Gasteiger charge is -2.17. The highest BCUT2D eigenvalue weighted by Gasteiger charge is 2.35. The van der Waals surface area contributed by atoms with Gasteiger partial charge in [0, 0.05) is 23.5 Å². The summed E-state index contributed by atoms with van der Waals surface area (Å²) < 4.78 is 38.3. The van der Waals surface area contributed by atoms with Crippen LogP contribution in [0.25, 0.3) is 0 Å². The first kappa shape index (κ1) is 15.4. The highest BCUT2D eigenvalue weighted by Crippen LogP contribution is 2.31. The van der Waals surface area contributed by atoms with Crippen molar-refractivity contribution < 1.29 is 13.2 Å². The molecule has 0 aromatic carbocycles. The van der Waals surface area contributed by atoms with Gasteiger partial charge in [-0.25, -0.2) is 9.97 Å². The molecule has 0 spiro atoms. The number of aromatic nitrogens is 2. The zero-order chi connectivity index (χ0) is 14.0. The number of aryl methyl sites for hydroxylation is 1. The second-order valence-electron chi connectivity index (χ2n) is 5.35. The number of hydrogen-bond acceptors (Lipinski definition) is 2. The summed E-state index contributed by atoms with van der Waals surface area (Å²) in [6, 6.07) is 0. The molecule has 0 atom stereocenters. The van der Waals surface area contributed by atoms with E-state index in [1.165, 1.54) is 6.20 Å². The van der Waals surface area contributed by atoms with E-state index < -0.39 is 11.9 Å². The lowest BCUT2D eigenvalue weighted by atomic mass is 9.90. The van der Waals surface area contributed by atoms with Crippen LogP contribution in [-0.4, -0.2) is 9.97 Å². The molecule has 0 radical (unpaired) electrons. The van der Waals surface area contributed by atoms with Gasteiger partial charge in [0.25, 0.3) is 0 Å². The number of halogens is 4. The van der Waals surface area contributed by atoms with Crippen molar-refractivity contribution in [3.05, 3.63) is 23.3 Å². The second kappa shape index (κ2) is 5.55. The predicted molar refractivity (Wildman–Crippen MR) is 67.4 cm³/mol. The number of alkyl halides is 4. The van der Waals surface area contributed by atoms with Crippen LogP contribution in [0.3, 0.4) is 0 Å². The molecule has 0 fully saturated rings. The molecule has 102 valence electrons. The van der Waals surface area contributed by atoms with Crippen molar-refractivity contribution in [2.45, 2.75) is 45.1 Å². The molecule has 1 heterocycles. The maximum absolute atomic E-state index is 12.8. The van der Waals surface area contributed by atoms with Gasteiger partial charge in [-0.1, -0.05) is 36.7 Å². The Morgan fingerprint density at radius 2 is 1.83 bits per heavy atom. The van der Waals surface area contributed by atoms with Crippen LogP contribution >= 0.6 is 15.9 Å². The fourth-order valence-electron chi connectivity index (χ4n) is 1.39. The van der Waals surface area contributed by atoms with Gasteiger partial charge in [-0.2, -0.15) is 13.2 Å². The minimum absolute atomic E-state index is 0.0514. The van der Waals surface area contributed by atoms with Crippen LogP contribution in [0.4, 0.5) is 13.2 Å². The van der Waals surface area contributed by atoms with Gasteiger partial charge in [0.2, 0.25) is 0 Å². The van der Waals surface area contributed by atoms with Crippen molar-refractivity contribution in [3.8, 4) is 0 Å². The molecule has 6 heteroatoms. The van der Waals surface area contributed by atoms with E-state index in [9.17, 15) is 13.2 Å². The quantitative estimate of drug-likeness (QED) is 0.771.